The van der Waals surface area contributed by atoms with Gasteiger partial charge in [0.25, 0.3) is 0 Å². The lowest BCUT2D eigenvalue weighted by Gasteiger charge is -2.27. The highest BCUT2D eigenvalue weighted by molar-refractivity contribution is 5.78. The van der Waals surface area contributed by atoms with E-state index in [-0.39, 0.29) is 11.8 Å². The molecule has 0 spiro atoms. The molecule has 10 nitrogen and oxygen atoms in total. The zero-order chi connectivity index (χ0) is 24.0. The average Bonchev–Trinajstić information content (AvgIpc) is 3.33. The second-order valence-corrected chi connectivity index (χ2v) is 7.90. The monoisotopic (exact) mass is 473 g/mol. The van der Waals surface area contributed by atoms with Crippen molar-refractivity contribution in [3.05, 3.63) is 78.5 Å². The molecule has 3 aromatic heterocycles. The standard InChI is InChI=1S/C24H24FN9O/c1-17-15-34(16-28-17)21-4-2-3-18(11-21)30-20-6-5-19(26-12-20)13-29-32-24-27-14-22(25)23(31-24)33-7-9-35-10-8-33/h2-6,11-16,30H,7-10H2,1H3,(H,27,31,32)/b29-13+. The van der Waals surface area contributed by atoms with E-state index in [0.29, 0.717) is 32.0 Å². The Labute approximate surface area is 201 Å². The van der Waals surface area contributed by atoms with Crippen LogP contribution in [0.5, 0.6) is 0 Å². The normalized spacial score (nSPS) is 13.8. The molecule has 0 aliphatic carbocycles. The number of anilines is 4. The molecule has 0 unspecified atom stereocenters. The summed E-state index contributed by atoms with van der Waals surface area (Å²) < 4.78 is 21.4. The zero-order valence-electron chi connectivity index (χ0n) is 19.1. The Hall–Kier alpha value is -4.38. The van der Waals surface area contributed by atoms with Crippen molar-refractivity contribution in [2.24, 2.45) is 5.10 Å². The van der Waals surface area contributed by atoms with Gasteiger partial charge >= 0.3 is 0 Å². The largest absolute Gasteiger partial charge is 0.378 e. The third kappa shape index (κ3) is 5.58. The first-order valence-electron chi connectivity index (χ1n) is 11.1. The maximum Gasteiger partial charge on any atom is 0.245 e. The van der Waals surface area contributed by atoms with Crippen molar-refractivity contribution < 1.29 is 9.13 Å². The number of imidazole rings is 1. The molecule has 178 valence electrons. The Morgan fingerprint density at radius 2 is 1.94 bits per heavy atom. The minimum atomic E-state index is -0.475. The number of hydrogen-bond acceptors (Lipinski definition) is 9. The Kier molecular flexibility index (Phi) is 6.57. The molecule has 1 aliphatic heterocycles. The van der Waals surface area contributed by atoms with Crippen molar-refractivity contribution in [2.45, 2.75) is 6.92 Å². The number of halogens is 1. The summed E-state index contributed by atoms with van der Waals surface area (Å²) in [4.78, 5) is 18.7. The molecule has 0 amide bonds. The molecule has 2 N–H and O–H groups in total. The number of aryl methyl sites for hydroxylation is 1. The van der Waals surface area contributed by atoms with Crippen molar-refractivity contribution in [3.63, 3.8) is 0 Å². The zero-order valence-corrected chi connectivity index (χ0v) is 19.1. The number of benzene rings is 1. The lowest BCUT2D eigenvalue weighted by atomic mass is 10.2. The molecule has 4 heterocycles. The summed E-state index contributed by atoms with van der Waals surface area (Å²) >= 11 is 0. The third-order valence-electron chi connectivity index (χ3n) is 5.33. The topological polar surface area (TPSA) is 105 Å². The van der Waals surface area contributed by atoms with Crippen LogP contribution in [-0.2, 0) is 4.74 Å². The fraction of sp³-hybridized carbons (Fsp3) is 0.208. The second-order valence-electron chi connectivity index (χ2n) is 7.90. The molecule has 35 heavy (non-hydrogen) atoms. The molecule has 1 aliphatic rings. The van der Waals surface area contributed by atoms with Gasteiger partial charge in [-0.15, -0.1) is 0 Å². The van der Waals surface area contributed by atoms with E-state index in [1.165, 1.54) is 0 Å². The van der Waals surface area contributed by atoms with Crippen LogP contribution < -0.4 is 15.6 Å². The van der Waals surface area contributed by atoms with Crippen LogP contribution in [0.15, 0.2) is 66.4 Å². The van der Waals surface area contributed by atoms with Crippen LogP contribution in [0.3, 0.4) is 0 Å². The van der Waals surface area contributed by atoms with Gasteiger partial charge in [-0.3, -0.25) is 4.98 Å². The maximum atomic E-state index is 14.2. The van der Waals surface area contributed by atoms with Gasteiger partial charge in [0, 0.05) is 30.7 Å². The maximum absolute atomic E-state index is 14.2. The summed E-state index contributed by atoms with van der Waals surface area (Å²) in [6.07, 6.45) is 8.17. The highest BCUT2D eigenvalue weighted by Crippen LogP contribution is 2.20. The highest BCUT2D eigenvalue weighted by Gasteiger charge is 2.17. The number of nitrogens with one attached hydrogen (secondary N) is 2. The van der Waals surface area contributed by atoms with Crippen LogP contribution >= 0.6 is 0 Å². The van der Waals surface area contributed by atoms with Gasteiger partial charge in [-0.2, -0.15) is 10.1 Å². The molecule has 4 aromatic rings. The number of rotatable bonds is 7. The van der Waals surface area contributed by atoms with E-state index in [0.717, 1.165) is 29.0 Å². The summed E-state index contributed by atoms with van der Waals surface area (Å²) in [5.74, 6) is -0.0333. The number of nitrogens with zero attached hydrogens (tertiary/aromatic N) is 7. The van der Waals surface area contributed by atoms with Crippen molar-refractivity contribution in [2.75, 3.05) is 41.9 Å². The molecule has 5 rings (SSSR count). The van der Waals surface area contributed by atoms with Gasteiger partial charge in [0.2, 0.25) is 5.95 Å². The minimum absolute atomic E-state index is 0.204. The van der Waals surface area contributed by atoms with Crippen molar-refractivity contribution >= 4 is 29.4 Å². The number of aromatic nitrogens is 5. The molecule has 1 saturated heterocycles. The Morgan fingerprint density at radius 1 is 1.06 bits per heavy atom. The molecule has 0 saturated carbocycles. The van der Waals surface area contributed by atoms with E-state index in [1.54, 1.807) is 18.7 Å². The minimum Gasteiger partial charge on any atom is -0.378 e. The lowest BCUT2D eigenvalue weighted by molar-refractivity contribution is 0.122. The van der Waals surface area contributed by atoms with Crippen molar-refractivity contribution in [1.82, 2.24) is 24.5 Å². The summed E-state index contributed by atoms with van der Waals surface area (Å²) in [6, 6.07) is 11.8. The highest BCUT2D eigenvalue weighted by atomic mass is 19.1. The van der Waals surface area contributed by atoms with Crippen molar-refractivity contribution in [3.8, 4) is 5.69 Å². The van der Waals surface area contributed by atoms with Gasteiger partial charge in [0.05, 0.1) is 55.2 Å². The predicted octanol–water partition coefficient (Wildman–Crippen LogP) is 3.53. The lowest BCUT2D eigenvalue weighted by Crippen LogP contribution is -2.37. The van der Waals surface area contributed by atoms with E-state index in [2.05, 4.69) is 35.8 Å². The van der Waals surface area contributed by atoms with Crippen LogP contribution in [0.1, 0.15) is 11.4 Å². The first kappa shape index (κ1) is 22.4. The Bertz CT molecular complexity index is 1320. The Morgan fingerprint density at radius 3 is 2.71 bits per heavy atom. The van der Waals surface area contributed by atoms with E-state index >= 15 is 0 Å². The molecular formula is C24H24FN9O. The van der Waals surface area contributed by atoms with Crippen LogP contribution in [-0.4, -0.2) is 57.0 Å². The van der Waals surface area contributed by atoms with E-state index < -0.39 is 5.82 Å². The molecular weight excluding hydrogens is 449 g/mol. The number of hydrazone groups is 1. The van der Waals surface area contributed by atoms with Crippen LogP contribution in [0, 0.1) is 12.7 Å². The van der Waals surface area contributed by atoms with Crippen molar-refractivity contribution in [1.29, 1.82) is 0 Å². The smallest absolute Gasteiger partial charge is 0.245 e. The van der Waals surface area contributed by atoms with E-state index in [4.69, 9.17) is 4.74 Å². The summed E-state index contributed by atoms with van der Waals surface area (Å²) in [7, 11) is 0. The number of ether oxygens (including phenoxy) is 1. The average molecular weight is 474 g/mol. The predicted molar refractivity (Wildman–Crippen MR) is 132 cm³/mol. The van der Waals surface area contributed by atoms with Gasteiger partial charge in [0.15, 0.2) is 11.6 Å². The van der Waals surface area contributed by atoms with Gasteiger partial charge in [-0.25, -0.2) is 19.8 Å². The molecule has 11 heteroatoms. The van der Waals surface area contributed by atoms with Gasteiger partial charge < -0.3 is 19.5 Å². The SMILES string of the molecule is Cc1cn(-c2cccc(Nc3ccc(/C=N/Nc4ncc(F)c(N5CCOCC5)n4)nc3)c2)cn1. The fourth-order valence-corrected chi connectivity index (χ4v) is 3.59. The first-order valence-corrected chi connectivity index (χ1v) is 11.1. The van der Waals surface area contributed by atoms with Crippen LogP contribution in [0.4, 0.5) is 27.5 Å². The molecule has 0 bridgehead atoms. The van der Waals surface area contributed by atoms with Gasteiger partial charge in [-0.05, 0) is 37.3 Å². The molecule has 0 atom stereocenters. The summed E-state index contributed by atoms with van der Waals surface area (Å²) in [5.41, 5.74) is 7.12. The first-order chi connectivity index (χ1) is 17.1. The summed E-state index contributed by atoms with van der Waals surface area (Å²) in [6.45, 7) is 4.19. The molecule has 1 fully saturated rings. The van der Waals surface area contributed by atoms with E-state index in [1.807, 2.05) is 59.0 Å². The summed E-state index contributed by atoms with van der Waals surface area (Å²) in [5, 5.41) is 7.48. The molecule has 1 aromatic carbocycles. The quantitative estimate of drug-likeness (QED) is 0.310. The fourth-order valence-electron chi connectivity index (χ4n) is 3.59. The second kappa shape index (κ2) is 10.3. The third-order valence-corrected chi connectivity index (χ3v) is 5.33. The van der Waals surface area contributed by atoms with E-state index in [9.17, 15) is 4.39 Å². The number of hydrogen-bond donors (Lipinski definition) is 2. The van der Waals surface area contributed by atoms with Crippen LogP contribution in [0.2, 0.25) is 0 Å². The van der Waals surface area contributed by atoms with Gasteiger partial charge in [0.1, 0.15) is 0 Å². The van der Waals surface area contributed by atoms with Crippen LogP contribution in [0.25, 0.3) is 5.69 Å². The Balaban J connectivity index is 1.20. The molecule has 0 radical (unpaired) electrons. The number of morpholine rings is 1. The number of pyridine rings is 1. The van der Waals surface area contributed by atoms with Gasteiger partial charge in [-0.1, -0.05) is 6.07 Å².